The lowest BCUT2D eigenvalue weighted by molar-refractivity contribution is -0.154. The second kappa shape index (κ2) is 8.37. The van der Waals surface area contributed by atoms with E-state index in [2.05, 4.69) is 25.3 Å². The number of ether oxygens (including phenoxy) is 2. The van der Waals surface area contributed by atoms with E-state index >= 15 is 0 Å². The first-order valence-corrected chi connectivity index (χ1v) is 6.45. The number of nitrogens with one attached hydrogen (secondary N) is 2. The van der Waals surface area contributed by atoms with Crippen molar-refractivity contribution < 1.29 is 29.1 Å². The molecule has 0 spiro atoms. The second-order valence-corrected chi connectivity index (χ2v) is 4.34. The van der Waals surface area contributed by atoms with Crippen molar-refractivity contribution in [2.45, 2.75) is 13.0 Å². The molecule has 0 fully saturated rings. The van der Waals surface area contributed by atoms with Gasteiger partial charge >= 0.3 is 18.0 Å². The van der Waals surface area contributed by atoms with Crippen LogP contribution in [0.2, 0.25) is 0 Å². The predicted molar refractivity (Wildman–Crippen MR) is 80.4 cm³/mol. The van der Waals surface area contributed by atoms with Gasteiger partial charge in [0.05, 0.1) is 19.9 Å². The van der Waals surface area contributed by atoms with Crippen molar-refractivity contribution in [1.29, 1.82) is 0 Å². The van der Waals surface area contributed by atoms with Gasteiger partial charge in [-0.25, -0.2) is 14.4 Å². The van der Waals surface area contributed by atoms with Crippen LogP contribution in [0.25, 0.3) is 0 Å². The molecule has 0 heterocycles. The minimum absolute atomic E-state index is 0.408. The van der Waals surface area contributed by atoms with Crippen LogP contribution in [0.15, 0.2) is 29.4 Å². The number of hydrogen-bond acceptors (Lipinski definition) is 7. The molecule has 1 aromatic rings. The van der Waals surface area contributed by atoms with Crippen LogP contribution in [0.5, 0.6) is 0 Å². The van der Waals surface area contributed by atoms with Crippen molar-refractivity contribution >= 4 is 29.4 Å². The first kappa shape index (κ1) is 18.0. The molecule has 0 saturated carbocycles. The minimum Gasteiger partial charge on any atom is -0.467 e. The van der Waals surface area contributed by atoms with Gasteiger partial charge in [0.15, 0.2) is 0 Å². The number of nitrogens with zero attached hydrogens (tertiary/aromatic N) is 1. The van der Waals surface area contributed by atoms with Gasteiger partial charge < -0.3 is 25.3 Å². The topological polar surface area (TPSA) is 126 Å². The molecule has 0 aliphatic rings. The summed E-state index contributed by atoms with van der Waals surface area (Å²) in [6.45, 7) is 1.62. The molecule has 0 aliphatic carbocycles. The molecule has 0 aliphatic heterocycles. The van der Waals surface area contributed by atoms with Gasteiger partial charge in [-0.3, -0.25) is 0 Å². The summed E-state index contributed by atoms with van der Waals surface area (Å²) in [5.41, 5.74) is 1.49. The molecule has 0 unspecified atom stereocenters. The summed E-state index contributed by atoms with van der Waals surface area (Å²) < 4.78 is 8.84. The van der Waals surface area contributed by atoms with E-state index in [1.54, 1.807) is 31.2 Å². The van der Waals surface area contributed by atoms with E-state index in [0.717, 1.165) is 14.2 Å². The van der Waals surface area contributed by atoms with Gasteiger partial charge in [-0.1, -0.05) is 17.3 Å². The number of carbonyl (C=O) groups excluding carboxylic acids is 3. The first-order valence-electron chi connectivity index (χ1n) is 6.45. The fraction of sp³-hybridized carbons (Fsp3) is 0.286. The Morgan fingerprint density at radius 2 is 1.61 bits per heavy atom. The summed E-state index contributed by atoms with van der Waals surface area (Å²) in [6, 6.07) is 4.04. The van der Waals surface area contributed by atoms with Crippen LogP contribution in [-0.2, 0) is 19.1 Å². The Morgan fingerprint density at radius 1 is 1.09 bits per heavy atom. The van der Waals surface area contributed by atoms with Crippen molar-refractivity contribution in [2.24, 2.45) is 5.16 Å². The smallest absolute Gasteiger partial charge is 0.340 e. The van der Waals surface area contributed by atoms with E-state index in [4.69, 9.17) is 5.21 Å². The monoisotopic (exact) mass is 323 g/mol. The Bertz CT molecular complexity index is 595. The highest BCUT2D eigenvalue weighted by atomic mass is 16.5. The van der Waals surface area contributed by atoms with Gasteiger partial charge in [-0.15, -0.1) is 0 Å². The molecule has 1 aromatic carbocycles. The van der Waals surface area contributed by atoms with Crippen molar-refractivity contribution in [3.05, 3.63) is 29.8 Å². The van der Waals surface area contributed by atoms with Crippen molar-refractivity contribution in [3.8, 4) is 0 Å². The summed E-state index contributed by atoms with van der Waals surface area (Å²) >= 11 is 0. The van der Waals surface area contributed by atoms with E-state index in [1.807, 2.05) is 0 Å². The molecule has 1 rings (SSSR count). The van der Waals surface area contributed by atoms with E-state index in [9.17, 15) is 14.4 Å². The van der Waals surface area contributed by atoms with Crippen molar-refractivity contribution in [2.75, 3.05) is 19.5 Å². The number of anilines is 1. The molecule has 9 nitrogen and oxygen atoms in total. The van der Waals surface area contributed by atoms with Crippen molar-refractivity contribution in [1.82, 2.24) is 5.32 Å². The zero-order valence-electron chi connectivity index (χ0n) is 12.8. The summed E-state index contributed by atoms with van der Waals surface area (Å²) in [5, 5.41) is 16.3. The molecule has 0 saturated heterocycles. The predicted octanol–water partition coefficient (Wildman–Crippen LogP) is 0.721. The van der Waals surface area contributed by atoms with E-state index < -0.39 is 24.0 Å². The first-order chi connectivity index (χ1) is 10.9. The molecule has 0 radical (unpaired) electrons. The number of hydrogen-bond donors (Lipinski definition) is 3. The van der Waals surface area contributed by atoms with E-state index in [1.165, 1.54) is 0 Å². The van der Waals surface area contributed by atoms with Gasteiger partial charge in [0.25, 0.3) is 0 Å². The highest BCUT2D eigenvalue weighted by Gasteiger charge is 2.30. The summed E-state index contributed by atoms with van der Waals surface area (Å²) in [6.07, 6.45) is 0. The lowest BCUT2D eigenvalue weighted by atomic mass is 10.1. The average Bonchev–Trinajstić information content (AvgIpc) is 2.58. The van der Waals surface area contributed by atoms with Gasteiger partial charge in [0.1, 0.15) is 0 Å². The van der Waals surface area contributed by atoms with Crippen LogP contribution < -0.4 is 10.6 Å². The van der Waals surface area contributed by atoms with Crippen LogP contribution in [0.1, 0.15) is 12.5 Å². The minimum atomic E-state index is -1.56. The second-order valence-electron chi connectivity index (χ2n) is 4.34. The number of rotatable bonds is 5. The Kier molecular flexibility index (Phi) is 6.53. The normalized spacial score (nSPS) is 10.9. The average molecular weight is 323 g/mol. The molecule has 9 heteroatoms. The molecule has 23 heavy (non-hydrogen) atoms. The molecular formula is C14H17N3O6. The van der Waals surface area contributed by atoms with Crippen molar-refractivity contribution in [3.63, 3.8) is 0 Å². The lowest BCUT2D eigenvalue weighted by Crippen LogP contribution is -2.49. The van der Waals surface area contributed by atoms with Crippen LogP contribution in [0.3, 0.4) is 0 Å². The quantitative estimate of drug-likeness (QED) is 0.241. The zero-order valence-corrected chi connectivity index (χ0v) is 12.8. The maximum Gasteiger partial charge on any atom is 0.340 e. The zero-order chi connectivity index (χ0) is 17.4. The largest absolute Gasteiger partial charge is 0.467 e. The standard InChI is InChI=1S/C14H17N3O6/c1-8(17-21)9-4-6-10(7-5-9)15-14(20)16-11(12(18)22-2)13(19)23-3/h4-7,11,21H,1-3H3,(H2,15,16,20). The fourth-order valence-corrected chi connectivity index (χ4v) is 1.60. The summed E-state index contributed by atoms with van der Waals surface area (Å²) in [5.74, 6) is -1.89. The number of methoxy groups -OCH3 is 2. The Morgan fingerprint density at radius 3 is 2.04 bits per heavy atom. The molecular weight excluding hydrogens is 306 g/mol. The third-order valence-electron chi connectivity index (χ3n) is 2.86. The number of esters is 2. The van der Waals surface area contributed by atoms with Crippen LogP contribution in [-0.4, -0.2) is 49.2 Å². The molecule has 124 valence electrons. The summed E-state index contributed by atoms with van der Waals surface area (Å²) in [4.78, 5) is 34.7. The lowest BCUT2D eigenvalue weighted by Gasteiger charge is -2.14. The highest BCUT2D eigenvalue weighted by Crippen LogP contribution is 2.10. The maximum atomic E-state index is 11.8. The number of carbonyl (C=O) groups is 3. The van der Waals surface area contributed by atoms with Gasteiger partial charge in [-0.2, -0.15) is 0 Å². The Hall–Kier alpha value is -3.10. The van der Waals surface area contributed by atoms with E-state index in [0.29, 0.717) is 17.0 Å². The number of amides is 2. The molecule has 3 N–H and O–H groups in total. The van der Waals surface area contributed by atoms with Crippen LogP contribution in [0.4, 0.5) is 10.5 Å². The van der Waals surface area contributed by atoms with Gasteiger partial charge in [-0.05, 0) is 24.6 Å². The molecule has 0 aromatic heterocycles. The maximum absolute atomic E-state index is 11.8. The van der Waals surface area contributed by atoms with Gasteiger partial charge in [0.2, 0.25) is 6.04 Å². The highest BCUT2D eigenvalue weighted by molar-refractivity contribution is 6.04. The Balaban J connectivity index is 2.74. The van der Waals surface area contributed by atoms with Gasteiger partial charge in [0, 0.05) is 5.69 Å². The number of benzene rings is 1. The molecule has 2 amide bonds. The number of urea groups is 1. The number of oxime groups is 1. The molecule has 0 bridgehead atoms. The van der Waals surface area contributed by atoms with Crippen LogP contribution >= 0.6 is 0 Å². The Labute approximate surface area is 132 Å². The van der Waals surface area contributed by atoms with E-state index in [-0.39, 0.29) is 0 Å². The van der Waals surface area contributed by atoms with Crippen LogP contribution in [0, 0.1) is 0 Å². The third kappa shape index (κ3) is 4.99. The third-order valence-corrected chi connectivity index (χ3v) is 2.86. The SMILES string of the molecule is COC(=O)C(NC(=O)Nc1ccc(C(C)=NO)cc1)C(=O)OC. The molecule has 0 atom stereocenters. The fourth-order valence-electron chi connectivity index (χ4n) is 1.60. The summed E-state index contributed by atoms with van der Waals surface area (Å²) in [7, 11) is 2.17.